The first-order chi connectivity index (χ1) is 13.3. The second kappa shape index (κ2) is 8.37. The van der Waals surface area contributed by atoms with E-state index in [0.29, 0.717) is 11.3 Å². The van der Waals surface area contributed by atoms with Gasteiger partial charge in [0.1, 0.15) is 11.4 Å². The van der Waals surface area contributed by atoms with Gasteiger partial charge in [-0.05, 0) is 49.0 Å². The highest BCUT2D eigenvalue weighted by molar-refractivity contribution is 7.80. The number of anilines is 1. The Balaban J connectivity index is 1.60. The highest BCUT2D eigenvalue weighted by Gasteiger charge is 2.12. The SMILES string of the molecule is Cc1cc(=O)oc2cc(NC(=S)NNC(=O)Cc3c(F)cccc3Cl)ccc12. The van der Waals surface area contributed by atoms with Crippen LogP contribution >= 0.6 is 23.8 Å². The number of hydrogen-bond donors (Lipinski definition) is 3. The lowest BCUT2D eigenvalue weighted by atomic mass is 10.1. The minimum absolute atomic E-state index is 0.0993. The summed E-state index contributed by atoms with van der Waals surface area (Å²) in [5.41, 5.74) is 6.33. The van der Waals surface area contributed by atoms with Gasteiger partial charge in [0.05, 0.1) is 6.42 Å². The minimum Gasteiger partial charge on any atom is -0.423 e. The summed E-state index contributed by atoms with van der Waals surface area (Å²) in [5.74, 6) is -1.08. The van der Waals surface area contributed by atoms with E-state index in [0.717, 1.165) is 10.9 Å². The molecular formula is C19H15ClFN3O3S. The molecule has 3 aromatic rings. The number of rotatable bonds is 3. The lowest BCUT2D eigenvalue weighted by Gasteiger charge is -2.12. The van der Waals surface area contributed by atoms with Crippen LogP contribution in [0, 0.1) is 12.7 Å². The average molecular weight is 420 g/mol. The summed E-state index contributed by atoms with van der Waals surface area (Å²) in [7, 11) is 0. The summed E-state index contributed by atoms with van der Waals surface area (Å²) >= 11 is 11.0. The first-order valence-electron chi connectivity index (χ1n) is 8.17. The lowest BCUT2D eigenvalue weighted by Crippen LogP contribution is -2.44. The number of nitrogens with one attached hydrogen (secondary N) is 3. The van der Waals surface area contributed by atoms with Gasteiger partial charge in [0.25, 0.3) is 0 Å². The van der Waals surface area contributed by atoms with Crippen LogP contribution in [0.3, 0.4) is 0 Å². The molecule has 0 aliphatic heterocycles. The van der Waals surface area contributed by atoms with Gasteiger partial charge in [-0.1, -0.05) is 17.7 Å². The van der Waals surface area contributed by atoms with E-state index in [-0.39, 0.29) is 22.1 Å². The predicted octanol–water partition coefficient (Wildman–Crippen LogP) is 3.45. The van der Waals surface area contributed by atoms with E-state index < -0.39 is 17.3 Å². The molecule has 0 fully saturated rings. The number of carbonyl (C=O) groups excluding carboxylic acids is 1. The molecule has 0 saturated heterocycles. The van der Waals surface area contributed by atoms with Crippen molar-refractivity contribution in [2.75, 3.05) is 5.32 Å². The predicted molar refractivity (Wildman–Crippen MR) is 110 cm³/mol. The highest BCUT2D eigenvalue weighted by Crippen LogP contribution is 2.21. The minimum atomic E-state index is -0.559. The Morgan fingerprint density at radius 2 is 2.00 bits per heavy atom. The molecule has 0 aliphatic rings. The van der Waals surface area contributed by atoms with Crippen molar-refractivity contribution in [2.24, 2.45) is 0 Å². The van der Waals surface area contributed by atoms with Crippen LogP contribution in [0.5, 0.6) is 0 Å². The maximum atomic E-state index is 13.7. The summed E-state index contributed by atoms with van der Waals surface area (Å²) in [5, 5.41) is 3.93. The van der Waals surface area contributed by atoms with E-state index >= 15 is 0 Å². The average Bonchev–Trinajstić information content (AvgIpc) is 2.63. The van der Waals surface area contributed by atoms with Crippen LogP contribution in [-0.2, 0) is 11.2 Å². The van der Waals surface area contributed by atoms with E-state index in [1.807, 2.05) is 6.92 Å². The zero-order valence-corrected chi connectivity index (χ0v) is 16.2. The van der Waals surface area contributed by atoms with Gasteiger partial charge in [-0.25, -0.2) is 9.18 Å². The van der Waals surface area contributed by atoms with E-state index in [4.69, 9.17) is 28.2 Å². The van der Waals surface area contributed by atoms with Crippen molar-refractivity contribution >= 4 is 51.5 Å². The summed E-state index contributed by atoms with van der Waals surface area (Å²) in [6.07, 6.45) is -0.248. The lowest BCUT2D eigenvalue weighted by molar-refractivity contribution is -0.121. The van der Waals surface area contributed by atoms with Crippen molar-refractivity contribution in [3.8, 4) is 0 Å². The molecule has 28 heavy (non-hydrogen) atoms. The molecule has 0 atom stereocenters. The van der Waals surface area contributed by atoms with Gasteiger partial charge in [0.15, 0.2) is 5.11 Å². The monoisotopic (exact) mass is 419 g/mol. The molecule has 0 spiro atoms. The van der Waals surface area contributed by atoms with Gasteiger partial charge >= 0.3 is 5.63 Å². The Kier molecular flexibility index (Phi) is 5.91. The third-order valence-corrected chi connectivity index (χ3v) is 4.48. The zero-order chi connectivity index (χ0) is 20.3. The maximum Gasteiger partial charge on any atom is 0.336 e. The summed E-state index contributed by atoms with van der Waals surface area (Å²) in [6, 6.07) is 10.8. The van der Waals surface area contributed by atoms with Gasteiger partial charge in [-0.15, -0.1) is 0 Å². The van der Waals surface area contributed by atoms with Crippen molar-refractivity contribution in [3.63, 3.8) is 0 Å². The molecule has 1 amide bonds. The fourth-order valence-electron chi connectivity index (χ4n) is 2.60. The molecule has 0 saturated carbocycles. The van der Waals surface area contributed by atoms with Crippen molar-refractivity contribution in [1.82, 2.24) is 10.9 Å². The van der Waals surface area contributed by atoms with Crippen LogP contribution in [0.1, 0.15) is 11.1 Å². The zero-order valence-electron chi connectivity index (χ0n) is 14.6. The summed E-state index contributed by atoms with van der Waals surface area (Å²) in [6.45, 7) is 1.82. The van der Waals surface area contributed by atoms with E-state index in [2.05, 4.69) is 16.2 Å². The first kappa shape index (κ1) is 19.8. The fraction of sp³-hybridized carbons (Fsp3) is 0.105. The second-order valence-corrected chi connectivity index (χ2v) is 6.78. The summed E-state index contributed by atoms with van der Waals surface area (Å²) < 4.78 is 18.9. The second-order valence-electron chi connectivity index (χ2n) is 5.96. The molecule has 2 aromatic carbocycles. The number of carbonyl (C=O) groups is 1. The Morgan fingerprint density at radius 1 is 1.21 bits per heavy atom. The topological polar surface area (TPSA) is 83.4 Å². The number of aryl methyl sites for hydroxylation is 1. The van der Waals surface area contributed by atoms with Crippen molar-refractivity contribution in [1.29, 1.82) is 0 Å². The van der Waals surface area contributed by atoms with Gasteiger partial charge < -0.3 is 9.73 Å². The number of fused-ring (bicyclic) bond motifs is 1. The van der Waals surface area contributed by atoms with Crippen molar-refractivity contribution < 1.29 is 13.6 Å². The molecule has 9 heteroatoms. The fourth-order valence-corrected chi connectivity index (χ4v) is 3.00. The molecule has 1 heterocycles. The van der Waals surface area contributed by atoms with Gasteiger partial charge in [0.2, 0.25) is 5.91 Å². The first-order valence-corrected chi connectivity index (χ1v) is 8.95. The number of hydrogen-bond acceptors (Lipinski definition) is 4. The molecule has 3 rings (SSSR count). The Morgan fingerprint density at radius 3 is 2.75 bits per heavy atom. The molecule has 0 radical (unpaired) electrons. The largest absolute Gasteiger partial charge is 0.423 e. The van der Waals surface area contributed by atoms with E-state index in [1.54, 1.807) is 18.2 Å². The third-order valence-electron chi connectivity index (χ3n) is 3.92. The summed E-state index contributed by atoms with van der Waals surface area (Å²) in [4.78, 5) is 23.5. The third kappa shape index (κ3) is 4.65. The number of hydrazine groups is 1. The molecule has 1 aromatic heterocycles. The number of halogens is 2. The van der Waals surface area contributed by atoms with E-state index in [1.165, 1.54) is 24.3 Å². The number of thiocarbonyl (C=S) groups is 1. The van der Waals surface area contributed by atoms with Crippen LogP contribution in [0.2, 0.25) is 5.02 Å². The van der Waals surface area contributed by atoms with Gasteiger partial charge in [-0.3, -0.25) is 15.6 Å². The van der Waals surface area contributed by atoms with Crippen molar-refractivity contribution in [2.45, 2.75) is 13.3 Å². The van der Waals surface area contributed by atoms with Crippen LogP contribution in [0.15, 0.2) is 51.7 Å². The standard InChI is InChI=1S/C19H15ClFN3O3S/c1-10-7-18(26)27-16-8-11(5-6-12(10)16)22-19(28)24-23-17(25)9-13-14(20)3-2-4-15(13)21/h2-8H,9H2,1H3,(H,23,25)(H2,22,24,28). The molecule has 0 bridgehead atoms. The van der Waals surface area contributed by atoms with Gasteiger partial charge in [0, 0.05) is 33.8 Å². The molecule has 0 aliphatic carbocycles. The molecule has 144 valence electrons. The Hall–Kier alpha value is -2.97. The van der Waals surface area contributed by atoms with Gasteiger partial charge in [-0.2, -0.15) is 0 Å². The number of amides is 1. The van der Waals surface area contributed by atoms with Crippen LogP contribution < -0.4 is 21.8 Å². The maximum absolute atomic E-state index is 13.7. The van der Waals surface area contributed by atoms with E-state index in [9.17, 15) is 14.0 Å². The smallest absolute Gasteiger partial charge is 0.336 e. The number of benzene rings is 2. The Labute approximate surface area is 169 Å². The molecular weight excluding hydrogens is 405 g/mol. The Bertz CT molecular complexity index is 1110. The quantitative estimate of drug-likeness (QED) is 0.342. The normalized spacial score (nSPS) is 10.5. The molecule has 6 nitrogen and oxygen atoms in total. The van der Waals surface area contributed by atoms with Crippen LogP contribution in [-0.4, -0.2) is 11.0 Å². The van der Waals surface area contributed by atoms with Crippen LogP contribution in [0.25, 0.3) is 11.0 Å². The highest BCUT2D eigenvalue weighted by atomic mass is 35.5. The van der Waals surface area contributed by atoms with Crippen LogP contribution in [0.4, 0.5) is 10.1 Å². The van der Waals surface area contributed by atoms with Crippen molar-refractivity contribution in [3.05, 3.63) is 74.9 Å². The molecule has 0 unspecified atom stereocenters. The molecule has 3 N–H and O–H groups in total.